The van der Waals surface area contributed by atoms with Crippen LogP contribution in [0.3, 0.4) is 0 Å². The summed E-state index contributed by atoms with van der Waals surface area (Å²) in [7, 11) is 0. The van der Waals surface area contributed by atoms with Crippen molar-refractivity contribution < 1.29 is 14.6 Å². The number of carbonyl (C=O) groups is 1. The van der Waals surface area contributed by atoms with Gasteiger partial charge in [-0.05, 0) is 38.3 Å². The Morgan fingerprint density at radius 1 is 1.20 bits per heavy atom. The molecule has 1 rings (SSSR count). The smallest absolute Gasteiger partial charge is 0.260 e. The van der Waals surface area contributed by atoms with E-state index in [1.807, 2.05) is 39.8 Å². The zero-order valence-corrected chi connectivity index (χ0v) is 12.9. The van der Waals surface area contributed by atoms with Crippen molar-refractivity contribution in [2.45, 2.75) is 34.1 Å². The molecule has 0 saturated heterocycles. The number of aryl methyl sites for hydroxylation is 3. The first-order valence-electron chi connectivity index (χ1n) is 7.08. The van der Waals surface area contributed by atoms with Crippen molar-refractivity contribution >= 4 is 5.91 Å². The Hall–Kier alpha value is -1.55. The highest BCUT2D eigenvalue weighted by molar-refractivity contribution is 5.77. The predicted octanol–water partition coefficient (Wildman–Crippen LogP) is 2.22. The van der Waals surface area contributed by atoms with E-state index in [1.54, 1.807) is 4.90 Å². The summed E-state index contributed by atoms with van der Waals surface area (Å²) < 4.78 is 5.69. The first-order valence-corrected chi connectivity index (χ1v) is 7.08. The number of carbonyl (C=O) groups excluding carboxylic acids is 1. The number of aliphatic hydroxyl groups excluding tert-OH is 1. The van der Waals surface area contributed by atoms with Crippen LogP contribution in [0.1, 0.15) is 30.0 Å². The van der Waals surface area contributed by atoms with Crippen molar-refractivity contribution in [2.24, 2.45) is 0 Å². The molecule has 0 aromatic heterocycles. The minimum atomic E-state index is -0.0831. The van der Waals surface area contributed by atoms with Crippen molar-refractivity contribution in [2.75, 3.05) is 26.3 Å². The minimum Gasteiger partial charge on any atom is -0.483 e. The van der Waals surface area contributed by atoms with Gasteiger partial charge in [-0.15, -0.1) is 0 Å². The SMILES string of the molecule is CCCN(CCO)C(=O)COc1c(C)cc(C)cc1C. The summed E-state index contributed by atoms with van der Waals surface area (Å²) >= 11 is 0. The number of benzene rings is 1. The standard InChI is InChI=1S/C16H25NO3/c1-5-6-17(7-8-18)15(19)11-20-16-13(3)9-12(2)10-14(16)4/h9-10,18H,5-8,11H2,1-4H3. The van der Waals surface area contributed by atoms with Gasteiger partial charge in [-0.3, -0.25) is 4.79 Å². The van der Waals surface area contributed by atoms with E-state index in [9.17, 15) is 4.79 Å². The molecule has 4 nitrogen and oxygen atoms in total. The monoisotopic (exact) mass is 279 g/mol. The summed E-state index contributed by atoms with van der Waals surface area (Å²) in [5, 5.41) is 8.98. The topological polar surface area (TPSA) is 49.8 Å². The van der Waals surface area contributed by atoms with E-state index < -0.39 is 0 Å². The van der Waals surface area contributed by atoms with Crippen LogP contribution in [0.4, 0.5) is 0 Å². The zero-order valence-electron chi connectivity index (χ0n) is 12.9. The molecular weight excluding hydrogens is 254 g/mol. The quantitative estimate of drug-likeness (QED) is 0.832. The molecule has 1 amide bonds. The van der Waals surface area contributed by atoms with E-state index in [-0.39, 0.29) is 19.1 Å². The van der Waals surface area contributed by atoms with E-state index in [1.165, 1.54) is 5.56 Å². The third-order valence-electron chi connectivity index (χ3n) is 3.16. The van der Waals surface area contributed by atoms with Gasteiger partial charge in [0.05, 0.1) is 6.61 Å². The van der Waals surface area contributed by atoms with Gasteiger partial charge in [-0.2, -0.15) is 0 Å². The average Bonchev–Trinajstić information content (AvgIpc) is 2.37. The van der Waals surface area contributed by atoms with E-state index >= 15 is 0 Å². The molecule has 0 unspecified atom stereocenters. The molecule has 1 aromatic rings. The summed E-state index contributed by atoms with van der Waals surface area (Å²) in [5.74, 6) is 0.699. The first kappa shape index (κ1) is 16.5. The highest BCUT2D eigenvalue weighted by Gasteiger charge is 2.14. The molecule has 1 aromatic carbocycles. The Morgan fingerprint density at radius 2 is 1.80 bits per heavy atom. The van der Waals surface area contributed by atoms with E-state index in [0.717, 1.165) is 23.3 Å². The van der Waals surface area contributed by atoms with E-state index in [0.29, 0.717) is 13.1 Å². The summed E-state index contributed by atoms with van der Waals surface area (Å²) in [6.45, 7) is 9.02. The first-order chi connectivity index (χ1) is 9.49. The van der Waals surface area contributed by atoms with E-state index in [4.69, 9.17) is 9.84 Å². The van der Waals surface area contributed by atoms with Crippen molar-refractivity contribution in [3.63, 3.8) is 0 Å². The zero-order chi connectivity index (χ0) is 15.1. The van der Waals surface area contributed by atoms with Gasteiger partial charge in [-0.1, -0.05) is 24.6 Å². The summed E-state index contributed by atoms with van der Waals surface area (Å²) in [6.07, 6.45) is 0.869. The minimum absolute atomic E-state index is 0.0186. The molecule has 0 aliphatic heterocycles. The second-order valence-electron chi connectivity index (χ2n) is 5.12. The molecule has 0 bridgehead atoms. The molecular formula is C16H25NO3. The van der Waals surface area contributed by atoms with Gasteiger partial charge in [0.15, 0.2) is 6.61 Å². The molecule has 1 N–H and O–H groups in total. The number of aliphatic hydroxyl groups is 1. The normalized spacial score (nSPS) is 10.4. The van der Waals surface area contributed by atoms with Crippen LogP contribution in [-0.4, -0.2) is 42.2 Å². The number of nitrogens with zero attached hydrogens (tertiary/aromatic N) is 1. The highest BCUT2D eigenvalue weighted by atomic mass is 16.5. The molecule has 0 radical (unpaired) electrons. The second-order valence-corrected chi connectivity index (χ2v) is 5.12. The van der Waals surface area contributed by atoms with Crippen molar-refractivity contribution in [1.82, 2.24) is 4.90 Å². The van der Waals surface area contributed by atoms with Crippen molar-refractivity contribution in [3.05, 3.63) is 28.8 Å². The van der Waals surface area contributed by atoms with Gasteiger partial charge in [0, 0.05) is 13.1 Å². The fraction of sp³-hybridized carbons (Fsp3) is 0.562. The Labute approximate surface area is 121 Å². The number of hydrogen-bond acceptors (Lipinski definition) is 3. The van der Waals surface area contributed by atoms with Crippen LogP contribution in [0.2, 0.25) is 0 Å². The van der Waals surface area contributed by atoms with E-state index in [2.05, 4.69) is 0 Å². The Kier molecular flexibility index (Phi) is 6.52. The maximum Gasteiger partial charge on any atom is 0.260 e. The van der Waals surface area contributed by atoms with Crippen LogP contribution in [0.15, 0.2) is 12.1 Å². The van der Waals surface area contributed by atoms with Crippen LogP contribution in [-0.2, 0) is 4.79 Å². The lowest BCUT2D eigenvalue weighted by molar-refractivity contribution is -0.133. The van der Waals surface area contributed by atoms with Crippen molar-refractivity contribution in [3.8, 4) is 5.75 Å². The molecule has 0 heterocycles. The van der Waals surface area contributed by atoms with Crippen LogP contribution >= 0.6 is 0 Å². The predicted molar refractivity (Wildman–Crippen MR) is 80.1 cm³/mol. The number of amides is 1. The molecule has 0 aliphatic rings. The lowest BCUT2D eigenvalue weighted by Gasteiger charge is -2.22. The van der Waals surface area contributed by atoms with Crippen LogP contribution in [0.5, 0.6) is 5.75 Å². The summed E-state index contributed by atoms with van der Waals surface area (Å²) in [5.41, 5.74) is 3.27. The van der Waals surface area contributed by atoms with Gasteiger partial charge in [-0.25, -0.2) is 0 Å². The Balaban J connectivity index is 2.68. The Morgan fingerprint density at radius 3 is 2.30 bits per heavy atom. The third-order valence-corrected chi connectivity index (χ3v) is 3.16. The number of rotatable bonds is 7. The largest absolute Gasteiger partial charge is 0.483 e. The molecule has 0 aliphatic carbocycles. The second kappa shape index (κ2) is 7.90. The van der Waals surface area contributed by atoms with Crippen molar-refractivity contribution in [1.29, 1.82) is 0 Å². The molecule has 20 heavy (non-hydrogen) atoms. The number of hydrogen-bond donors (Lipinski definition) is 1. The molecule has 0 fully saturated rings. The van der Waals surface area contributed by atoms with Gasteiger partial charge < -0.3 is 14.7 Å². The molecule has 112 valence electrons. The highest BCUT2D eigenvalue weighted by Crippen LogP contribution is 2.24. The van der Waals surface area contributed by atoms with Crippen LogP contribution in [0.25, 0.3) is 0 Å². The van der Waals surface area contributed by atoms with Crippen LogP contribution < -0.4 is 4.74 Å². The summed E-state index contributed by atoms with van der Waals surface area (Å²) in [4.78, 5) is 13.7. The van der Waals surface area contributed by atoms with Crippen LogP contribution in [0, 0.1) is 20.8 Å². The molecule has 0 atom stereocenters. The maximum absolute atomic E-state index is 12.1. The fourth-order valence-electron chi connectivity index (χ4n) is 2.37. The van der Waals surface area contributed by atoms with Gasteiger partial charge in [0.2, 0.25) is 0 Å². The molecule has 4 heteroatoms. The fourth-order valence-corrected chi connectivity index (χ4v) is 2.37. The Bertz CT molecular complexity index is 428. The lowest BCUT2D eigenvalue weighted by atomic mass is 10.1. The number of ether oxygens (including phenoxy) is 1. The maximum atomic E-state index is 12.1. The summed E-state index contributed by atoms with van der Waals surface area (Å²) in [6, 6.07) is 4.09. The molecule has 0 saturated carbocycles. The van der Waals surface area contributed by atoms with Gasteiger partial charge in [0.25, 0.3) is 5.91 Å². The third kappa shape index (κ3) is 4.53. The molecule has 0 spiro atoms. The average molecular weight is 279 g/mol. The lowest BCUT2D eigenvalue weighted by Crippen LogP contribution is -2.37. The van der Waals surface area contributed by atoms with Gasteiger partial charge >= 0.3 is 0 Å². The van der Waals surface area contributed by atoms with Gasteiger partial charge in [0.1, 0.15) is 5.75 Å².